The van der Waals surface area contributed by atoms with Gasteiger partial charge in [-0.2, -0.15) is 5.10 Å². The molecular weight excluding hydrogens is 293 g/mol. The second kappa shape index (κ2) is 6.78. The molecule has 1 rings (SSSR count). The van der Waals surface area contributed by atoms with Gasteiger partial charge in [-0.25, -0.2) is 0 Å². The number of benzene rings is 1. The van der Waals surface area contributed by atoms with Crippen molar-refractivity contribution in [3.05, 3.63) is 28.2 Å². The highest BCUT2D eigenvalue weighted by atomic mass is 35.5. The molecule has 0 saturated heterocycles. The molecule has 7 heteroatoms. The molecule has 0 heterocycles. The summed E-state index contributed by atoms with van der Waals surface area (Å²) < 4.78 is 5.65. The first kappa shape index (κ1) is 15.0. The monoisotopic (exact) mass is 305 g/mol. The minimum absolute atomic E-state index is 0.107. The molecule has 0 spiro atoms. The number of hydrogen-bond acceptors (Lipinski definition) is 3. The summed E-state index contributed by atoms with van der Waals surface area (Å²) in [5, 5.41) is 5.01. The Morgan fingerprint density at radius 2 is 2.11 bits per heavy atom. The molecule has 98 valence electrons. The lowest BCUT2D eigenvalue weighted by Crippen LogP contribution is -2.29. The molecule has 0 fully saturated rings. The molecule has 0 saturated carbocycles. The summed E-state index contributed by atoms with van der Waals surface area (Å²) in [6, 6.07) is 5.05. The molecule has 0 aliphatic carbocycles. The fourth-order valence-corrected chi connectivity index (χ4v) is 1.41. The molecule has 0 aromatic heterocycles. The second-order valence-corrected chi connectivity index (χ2v) is 4.82. The van der Waals surface area contributed by atoms with E-state index >= 15 is 0 Å². The number of hydrazone groups is 1. The van der Waals surface area contributed by atoms with E-state index in [9.17, 15) is 0 Å². The van der Waals surface area contributed by atoms with E-state index < -0.39 is 0 Å². The highest BCUT2D eigenvalue weighted by Crippen LogP contribution is 2.26. The van der Waals surface area contributed by atoms with E-state index in [1.807, 2.05) is 6.92 Å². The lowest BCUT2D eigenvalue weighted by molar-refractivity contribution is 0.286. The van der Waals surface area contributed by atoms with Crippen LogP contribution in [0.1, 0.15) is 13.8 Å². The van der Waals surface area contributed by atoms with Gasteiger partial charge in [0.05, 0.1) is 15.8 Å². The number of nitrogens with two attached hydrogens (primary N) is 1. The summed E-state index contributed by atoms with van der Waals surface area (Å²) in [5.41, 5.74) is 8.48. The van der Waals surface area contributed by atoms with Crippen molar-refractivity contribution in [1.82, 2.24) is 5.43 Å². The minimum atomic E-state index is -0.246. The molecule has 0 amide bonds. The van der Waals surface area contributed by atoms with Crippen molar-refractivity contribution in [2.75, 3.05) is 0 Å². The predicted octanol–water partition coefficient (Wildman–Crippen LogP) is 2.97. The number of nitrogens with one attached hydrogen (secondary N) is 1. The van der Waals surface area contributed by atoms with Crippen molar-refractivity contribution in [3.8, 4) is 5.75 Å². The van der Waals surface area contributed by atoms with Crippen LogP contribution >= 0.6 is 35.4 Å². The molecule has 1 aromatic rings. The smallest absolute Gasteiger partial charge is 0.184 e. The van der Waals surface area contributed by atoms with Crippen molar-refractivity contribution in [2.24, 2.45) is 10.8 Å². The Morgan fingerprint density at radius 1 is 1.44 bits per heavy atom. The van der Waals surface area contributed by atoms with Crippen LogP contribution in [0, 0.1) is 0 Å². The topological polar surface area (TPSA) is 59.6 Å². The van der Waals surface area contributed by atoms with Gasteiger partial charge in [0.2, 0.25) is 0 Å². The maximum atomic E-state index is 5.89. The summed E-state index contributed by atoms with van der Waals surface area (Å²) in [6.07, 6.45) is -0.246. The average Bonchev–Trinajstić information content (AvgIpc) is 2.30. The summed E-state index contributed by atoms with van der Waals surface area (Å²) in [5.74, 6) is 0.613. The number of hydrogen-bond donors (Lipinski definition) is 2. The van der Waals surface area contributed by atoms with Crippen molar-refractivity contribution in [1.29, 1.82) is 0 Å². The quantitative estimate of drug-likeness (QED) is 0.510. The van der Waals surface area contributed by atoms with E-state index in [2.05, 4.69) is 22.7 Å². The van der Waals surface area contributed by atoms with Crippen LogP contribution in [0.5, 0.6) is 5.75 Å². The Labute approximate surface area is 121 Å². The Hall–Kier alpha value is -1.04. The van der Waals surface area contributed by atoms with Crippen molar-refractivity contribution < 1.29 is 4.74 Å². The van der Waals surface area contributed by atoms with E-state index in [1.54, 1.807) is 25.1 Å². The van der Waals surface area contributed by atoms with E-state index in [-0.39, 0.29) is 11.2 Å². The SMILES string of the molecule is C/C(=N\NC(N)=S)C(C)Oc1ccc(Cl)c(Cl)c1. The number of ether oxygens (including phenoxy) is 1. The summed E-state index contributed by atoms with van der Waals surface area (Å²) in [4.78, 5) is 0. The number of nitrogens with zero attached hydrogens (tertiary/aromatic N) is 1. The molecule has 1 aromatic carbocycles. The zero-order valence-corrected chi connectivity index (χ0v) is 12.2. The van der Waals surface area contributed by atoms with Gasteiger partial charge in [0.1, 0.15) is 11.9 Å². The molecule has 1 unspecified atom stereocenters. The first-order chi connectivity index (χ1) is 8.40. The Morgan fingerprint density at radius 3 is 2.67 bits per heavy atom. The highest BCUT2D eigenvalue weighted by molar-refractivity contribution is 7.80. The first-order valence-electron chi connectivity index (χ1n) is 5.11. The van der Waals surface area contributed by atoms with E-state index in [1.165, 1.54) is 0 Å². The van der Waals surface area contributed by atoms with Gasteiger partial charge in [0, 0.05) is 6.07 Å². The Bertz CT molecular complexity index is 479. The van der Waals surface area contributed by atoms with Crippen LogP contribution in [-0.4, -0.2) is 16.9 Å². The van der Waals surface area contributed by atoms with E-state index in [0.29, 0.717) is 21.5 Å². The first-order valence-corrected chi connectivity index (χ1v) is 6.28. The standard InChI is InChI=1S/C11H13Cl2N3OS/c1-6(15-16-11(14)18)7(2)17-8-3-4-9(12)10(13)5-8/h3-5,7H,1-2H3,(H3,14,16,18)/b15-6+. The predicted molar refractivity (Wildman–Crippen MR) is 79.6 cm³/mol. The summed E-state index contributed by atoms with van der Waals surface area (Å²) >= 11 is 16.4. The Kier molecular flexibility index (Phi) is 5.65. The highest BCUT2D eigenvalue weighted by Gasteiger charge is 2.09. The third kappa shape index (κ3) is 4.68. The van der Waals surface area contributed by atoms with Crippen molar-refractivity contribution in [2.45, 2.75) is 20.0 Å². The summed E-state index contributed by atoms with van der Waals surface area (Å²) in [6.45, 7) is 3.65. The zero-order chi connectivity index (χ0) is 13.7. The fraction of sp³-hybridized carbons (Fsp3) is 0.273. The van der Waals surface area contributed by atoms with Crippen LogP contribution in [0.25, 0.3) is 0 Å². The largest absolute Gasteiger partial charge is 0.485 e. The van der Waals surface area contributed by atoms with Crippen LogP contribution < -0.4 is 15.9 Å². The fourth-order valence-electron chi connectivity index (χ4n) is 1.07. The maximum Gasteiger partial charge on any atom is 0.184 e. The number of thiocarbonyl (C=S) groups is 1. The normalized spacial score (nSPS) is 13.0. The molecule has 18 heavy (non-hydrogen) atoms. The maximum absolute atomic E-state index is 5.89. The van der Waals surface area contributed by atoms with Crippen molar-refractivity contribution >= 4 is 46.2 Å². The lowest BCUT2D eigenvalue weighted by Gasteiger charge is -2.15. The molecule has 3 N–H and O–H groups in total. The number of rotatable bonds is 4. The second-order valence-electron chi connectivity index (χ2n) is 3.57. The van der Waals surface area contributed by atoms with Crippen LogP contribution in [0.3, 0.4) is 0 Å². The summed E-state index contributed by atoms with van der Waals surface area (Å²) in [7, 11) is 0. The molecule has 4 nitrogen and oxygen atoms in total. The third-order valence-electron chi connectivity index (χ3n) is 2.13. The Balaban J connectivity index is 2.68. The van der Waals surface area contributed by atoms with Gasteiger partial charge in [0.25, 0.3) is 0 Å². The number of halogens is 2. The molecule has 0 aliphatic rings. The average molecular weight is 306 g/mol. The van der Waals surface area contributed by atoms with Crippen LogP contribution in [0.4, 0.5) is 0 Å². The molecule has 0 bridgehead atoms. The molecular formula is C11H13Cl2N3OS. The van der Waals surface area contributed by atoms with Crippen LogP contribution in [-0.2, 0) is 0 Å². The van der Waals surface area contributed by atoms with Crippen LogP contribution in [0.2, 0.25) is 10.0 Å². The van der Waals surface area contributed by atoms with Gasteiger partial charge in [-0.05, 0) is 38.2 Å². The van der Waals surface area contributed by atoms with Gasteiger partial charge in [-0.1, -0.05) is 23.2 Å². The van der Waals surface area contributed by atoms with Gasteiger partial charge in [-0.15, -0.1) is 0 Å². The van der Waals surface area contributed by atoms with Gasteiger partial charge < -0.3 is 10.5 Å². The van der Waals surface area contributed by atoms with Crippen LogP contribution in [0.15, 0.2) is 23.3 Å². The molecule has 0 radical (unpaired) electrons. The zero-order valence-electron chi connectivity index (χ0n) is 9.91. The van der Waals surface area contributed by atoms with Gasteiger partial charge >= 0.3 is 0 Å². The van der Waals surface area contributed by atoms with E-state index in [4.69, 9.17) is 33.7 Å². The van der Waals surface area contributed by atoms with Gasteiger partial charge in [0.15, 0.2) is 5.11 Å². The third-order valence-corrected chi connectivity index (χ3v) is 2.97. The lowest BCUT2D eigenvalue weighted by atomic mass is 10.2. The molecule has 0 aliphatic heterocycles. The molecule has 1 atom stereocenters. The van der Waals surface area contributed by atoms with Crippen molar-refractivity contribution in [3.63, 3.8) is 0 Å². The minimum Gasteiger partial charge on any atom is -0.485 e. The van der Waals surface area contributed by atoms with Gasteiger partial charge in [-0.3, -0.25) is 5.43 Å². The van der Waals surface area contributed by atoms with E-state index in [0.717, 1.165) is 0 Å².